The van der Waals surface area contributed by atoms with E-state index in [0.717, 1.165) is 29.9 Å². The van der Waals surface area contributed by atoms with Crippen molar-refractivity contribution in [3.05, 3.63) is 41.5 Å². The van der Waals surface area contributed by atoms with Crippen LogP contribution >= 0.6 is 0 Å². The second kappa shape index (κ2) is 5.79. The van der Waals surface area contributed by atoms with E-state index in [1.54, 1.807) is 6.08 Å². The molecule has 122 valence electrons. The van der Waals surface area contributed by atoms with Crippen LogP contribution in [0.4, 0.5) is 0 Å². The molecule has 2 unspecified atom stereocenters. The van der Waals surface area contributed by atoms with Gasteiger partial charge in [0.2, 0.25) is 5.91 Å². The highest BCUT2D eigenvalue weighted by Crippen LogP contribution is 2.63. The molecule has 4 fully saturated rings. The lowest BCUT2D eigenvalue weighted by Crippen LogP contribution is -2.37. The van der Waals surface area contributed by atoms with Gasteiger partial charge in [0.05, 0.1) is 0 Å². The van der Waals surface area contributed by atoms with Crippen LogP contribution in [0.5, 0.6) is 0 Å². The highest BCUT2D eigenvalue weighted by molar-refractivity contribution is 5.90. The summed E-state index contributed by atoms with van der Waals surface area (Å²) in [5, 5.41) is 3.71. The summed E-state index contributed by atoms with van der Waals surface area (Å²) in [6, 6.07) is 8.33. The third-order valence-corrected chi connectivity index (χ3v) is 6.30. The zero-order valence-corrected chi connectivity index (χ0v) is 13.6. The Balaban J connectivity index is 1.29. The maximum atomic E-state index is 10.7. The van der Waals surface area contributed by atoms with Gasteiger partial charge in [-0.15, -0.1) is 0 Å². The molecule has 0 aromatic heterocycles. The Kier molecular flexibility index (Phi) is 3.76. The zero-order valence-electron chi connectivity index (χ0n) is 13.6. The molecule has 0 heterocycles. The lowest BCUT2D eigenvalue weighted by molar-refractivity contribution is -0.113. The van der Waals surface area contributed by atoms with Crippen LogP contribution in [0, 0.1) is 23.2 Å². The molecule has 0 radical (unpaired) electrons. The van der Waals surface area contributed by atoms with Gasteiger partial charge in [0.1, 0.15) is 0 Å². The van der Waals surface area contributed by atoms with Gasteiger partial charge < -0.3 is 11.1 Å². The first-order chi connectivity index (χ1) is 11.1. The number of rotatable bonds is 6. The molecule has 1 amide bonds. The Morgan fingerprint density at radius 3 is 2.48 bits per heavy atom. The molecule has 3 N–H and O–H groups in total. The van der Waals surface area contributed by atoms with Crippen molar-refractivity contribution in [1.82, 2.24) is 5.32 Å². The average Bonchev–Trinajstić information content (AvgIpc) is 2.93. The van der Waals surface area contributed by atoms with Crippen molar-refractivity contribution in [2.45, 2.75) is 38.6 Å². The predicted octanol–water partition coefficient (Wildman–Crippen LogP) is 3.10. The number of hydrogen-bond acceptors (Lipinski definition) is 2. The first-order valence-electron chi connectivity index (χ1n) is 8.89. The average molecular weight is 310 g/mol. The van der Waals surface area contributed by atoms with Crippen molar-refractivity contribution in [2.75, 3.05) is 6.54 Å². The summed E-state index contributed by atoms with van der Waals surface area (Å²) in [5.41, 5.74) is 8.04. The van der Waals surface area contributed by atoms with Crippen LogP contribution in [0.25, 0.3) is 6.08 Å². The van der Waals surface area contributed by atoms with E-state index < -0.39 is 5.91 Å². The molecule has 4 bridgehead atoms. The topological polar surface area (TPSA) is 55.1 Å². The van der Waals surface area contributed by atoms with Crippen molar-refractivity contribution in [2.24, 2.45) is 28.9 Å². The highest BCUT2D eigenvalue weighted by atomic mass is 16.1. The Bertz CT molecular complexity index is 600. The van der Waals surface area contributed by atoms with Gasteiger partial charge in [0.15, 0.2) is 0 Å². The summed E-state index contributed by atoms with van der Waals surface area (Å²) in [6.45, 7) is 2.11. The lowest BCUT2D eigenvalue weighted by Gasteiger charge is -2.38. The van der Waals surface area contributed by atoms with Gasteiger partial charge in [-0.2, -0.15) is 0 Å². The van der Waals surface area contributed by atoms with E-state index in [2.05, 4.69) is 17.4 Å². The molecule has 2 atom stereocenters. The first kappa shape index (κ1) is 14.9. The van der Waals surface area contributed by atoms with E-state index in [4.69, 9.17) is 5.73 Å². The minimum Gasteiger partial charge on any atom is -0.366 e. The van der Waals surface area contributed by atoms with Crippen molar-refractivity contribution in [3.63, 3.8) is 0 Å². The van der Waals surface area contributed by atoms with E-state index >= 15 is 0 Å². The van der Waals surface area contributed by atoms with Crippen molar-refractivity contribution in [3.8, 4) is 0 Å². The highest BCUT2D eigenvalue weighted by Gasteiger charge is 2.55. The third kappa shape index (κ3) is 3.07. The zero-order chi connectivity index (χ0) is 15.9. The monoisotopic (exact) mass is 310 g/mol. The van der Waals surface area contributed by atoms with Gasteiger partial charge in [-0.05, 0) is 72.5 Å². The molecule has 4 aliphatic carbocycles. The van der Waals surface area contributed by atoms with E-state index in [0.29, 0.717) is 5.41 Å². The summed E-state index contributed by atoms with van der Waals surface area (Å²) in [4.78, 5) is 10.7. The van der Waals surface area contributed by atoms with E-state index in [1.165, 1.54) is 50.3 Å². The van der Waals surface area contributed by atoms with E-state index in [-0.39, 0.29) is 0 Å². The minimum atomic E-state index is -0.407. The SMILES string of the molecule is NC(=O)/C=C/c1ccc(CNCC23CC4CC(C2)C(C4)C3)cc1. The van der Waals surface area contributed by atoms with Crippen molar-refractivity contribution < 1.29 is 4.79 Å². The van der Waals surface area contributed by atoms with Gasteiger partial charge >= 0.3 is 0 Å². The van der Waals surface area contributed by atoms with Crippen LogP contribution in [-0.4, -0.2) is 12.5 Å². The lowest BCUT2D eigenvalue weighted by atomic mass is 9.69. The molecule has 5 rings (SSSR count). The van der Waals surface area contributed by atoms with Gasteiger partial charge in [-0.1, -0.05) is 24.3 Å². The largest absolute Gasteiger partial charge is 0.366 e. The molecular formula is C20H26N2O. The van der Waals surface area contributed by atoms with Gasteiger partial charge in [0.25, 0.3) is 0 Å². The third-order valence-electron chi connectivity index (χ3n) is 6.30. The van der Waals surface area contributed by atoms with Gasteiger partial charge in [-0.25, -0.2) is 0 Å². The molecule has 23 heavy (non-hydrogen) atoms. The molecule has 0 spiro atoms. The number of amides is 1. The Hall–Kier alpha value is -1.61. The molecule has 4 saturated carbocycles. The maximum Gasteiger partial charge on any atom is 0.241 e. The Labute approximate surface area is 138 Å². The predicted molar refractivity (Wildman–Crippen MR) is 92.4 cm³/mol. The van der Waals surface area contributed by atoms with Crippen LogP contribution < -0.4 is 11.1 Å². The van der Waals surface area contributed by atoms with Crippen molar-refractivity contribution in [1.29, 1.82) is 0 Å². The molecule has 0 aliphatic heterocycles. The second-order valence-electron chi connectivity index (χ2n) is 8.05. The van der Waals surface area contributed by atoms with Gasteiger partial charge in [0, 0.05) is 19.2 Å². The van der Waals surface area contributed by atoms with Crippen LogP contribution in [0.3, 0.4) is 0 Å². The fourth-order valence-electron chi connectivity index (χ4n) is 5.59. The summed E-state index contributed by atoms with van der Waals surface area (Å²) in [7, 11) is 0. The number of carbonyl (C=O) groups excluding carboxylic acids is 1. The smallest absolute Gasteiger partial charge is 0.241 e. The normalized spacial score (nSPS) is 34.5. The molecule has 4 aliphatic rings. The fraction of sp³-hybridized carbons (Fsp3) is 0.550. The first-order valence-corrected chi connectivity index (χ1v) is 8.89. The number of nitrogens with one attached hydrogen (secondary N) is 1. The molecule has 1 aromatic carbocycles. The van der Waals surface area contributed by atoms with E-state index in [1.807, 2.05) is 12.1 Å². The summed E-state index contributed by atoms with van der Waals surface area (Å²) in [5.74, 6) is 2.72. The number of benzene rings is 1. The van der Waals surface area contributed by atoms with Crippen LogP contribution in [0.1, 0.15) is 43.2 Å². The van der Waals surface area contributed by atoms with Crippen LogP contribution in [-0.2, 0) is 11.3 Å². The second-order valence-corrected chi connectivity index (χ2v) is 8.05. The Morgan fingerprint density at radius 2 is 1.87 bits per heavy atom. The van der Waals surface area contributed by atoms with Crippen LogP contribution in [0.2, 0.25) is 0 Å². The Morgan fingerprint density at radius 1 is 1.17 bits per heavy atom. The summed E-state index contributed by atoms with van der Waals surface area (Å²) < 4.78 is 0. The molecular weight excluding hydrogens is 284 g/mol. The minimum absolute atomic E-state index is 0.407. The molecule has 3 nitrogen and oxygen atoms in total. The maximum absolute atomic E-state index is 10.7. The molecule has 0 saturated heterocycles. The van der Waals surface area contributed by atoms with Crippen LogP contribution in [0.15, 0.2) is 30.3 Å². The van der Waals surface area contributed by atoms with Gasteiger partial charge in [-0.3, -0.25) is 4.79 Å². The summed E-state index contributed by atoms with van der Waals surface area (Å²) >= 11 is 0. The summed E-state index contributed by atoms with van der Waals surface area (Å²) in [6.07, 6.45) is 10.6. The molecule has 1 aromatic rings. The number of hydrogen-bond donors (Lipinski definition) is 2. The van der Waals surface area contributed by atoms with Crippen molar-refractivity contribution >= 4 is 12.0 Å². The quantitative estimate of drug-likeness (QED) is 0.793. The number of nitrogens with two attached hydrogens (primary N) is 1. The standard InChI is InChI=1S/C20H26N2O/c21-19(23)6-5-14-1-3-15(4-2-14)12-22-13-20-9-16-7-17(10-20)18(8-16)11-20/h1-6,16-18,22H,7-13H2,(H2,21,23)/b6-5+. The number of primary amides is 1. The van der Waals surface area contributed by atoms with E-state index in [9.17, 15) is 4.79 Å². The fourth-order valence-corrected chi connectivity index (χ4v) is 5.59. The number of carbonyl (C=O) groups is 1. The molecule has 3 heteroatoms.